The molecule has 0 N–H and O–H groups in total. The molecule has 1 atom stereocenters. The third-order valence-electron chi connectivity index (χ3n) is 3.27. The molecule has 0 radical (unpaired) electrons. The molecular formula is C13H16FNO2. The van der Waals surface area contributed by atoms with Crippen molar-refractivity contribution in [2.75, 3.05) is 13.7 Å². The van der Waals surface area contributed by atoms with Crippen molar-refractivity contribution in [3.63, 3.8) is 0 Å². The Hall–Kier alpha value is -1.42. The quantitative estimate of drug-likeness (QED) is 0.458. The van der Waals surface area contributed by atoms with Crippen LogP contribution in [0.25, 0.3) is 0 Å². The molecule has 0 bridgehead atoms. The molecule has 0 saturated carbocycles. The van der Waals surface area contributed by atoms with E-state index in [1.165, 1.54) is 19.2 Å². The Labute approximate surface area is 100 Å². The van der Waals surface area contributed by atoms with Crippen molar-refractivity contribution in [1.29, 1.82) is 0 Å². The van der Waals surface area contributed by atoms with Crippen LogP contribution in [0.2, 0.25) is 0 Å². The number of epoxide rings is 1. The predicted octanol–water partition coefficient (Wildman–Crippen LogP) is 2.71. The van der Waals surface area contributed by atoms with Gasteiger partial charge in [0.15, 0.2) is 0 Å². The fourth-order valence-corrected chi connectivity index (χ4v) is 1.99. The molecule has 1 aliphatic rings. The van der Waals surface area contributed by atoms with Gasteiger partial charge in [-0.25, -0.2) is 4.39 Å². The Balaban J connectivity index is 2.30. The number of ether oxygens (including phenoxy) is 1. The second-order valence-electron chi connectivity index (χ2n) is 4.76. The Morgan fingerprint density at radius 3 is 2.47 bits per heavy atom. The minimum Gasteiger partial charge on any atom is -0.399 e. The van der Waals surface area contributed by atoms with Gasteiger partial charge in [0.2, 0.25) is 0 Å². The average Bonchev–Trinajstić information content (AvgIpc) is 3.09. The maximum Gasteiger partial charge on any atom is 0.127 e. The van der Waals surface area contributed by atoms with Crippen molar-refractivity contribution in [3.05, 3.63) is 35.6 Å². The maximum atomic E-state index is 12.9. The number of nitrogens with zero attached hydrogens (tertiary/aromatic N) is 1. The number of oxime groups is 1. The van der Waals surface area contributed by atoms with Gasteiger partial charge in [0.25, 0.3) is 0 Å². The molecule has 1 aromatic carbocycles. The summed E-state index contributed by atoms with van der Waals surface area (Å²) in [6.45, 7) is 4.65. The molecule has 1 aliphatic heterocycles. The maximum absolute atomic E-state index is 12.9. The summed E-state index contributed by atoms with van der Waals surface area (Å²) < 4.78 is 18.5. The van der Waals surface area contributed by atoms with Crippen LogP contribution in [0.15, 0.2) is 29.4 Å². The van der Waals surface area contributed by atoms with Crippen LogP contribution in [-0.2, 0) is 15.2 Å². The minimum atomic E-state index is -0.414. The molecule has 1 heterocycles. The lowest BCUT2D eigenvalue weighted by atomic mass is 9.76. The van der Waals surface area contributed by atoms with Crippen LogP contribution >= 0.6 is 0 Å². The van der Waals surface area contributed by atoms with E-state index in [0.29, 0.717) is 6.61 Å². The van der Waals surface area contributed by atoms with Crippen molar-refractivity contribution < 1.29 is 14.0 Å². The van der Waals surface area contributed by atoms with Crippen molar-refractivity contribution >= 4 is 6.21 Å². The summed E-state index contributed by atoms with van der Waals surface area (Å²) in [4.78, 5) is 4.71. The number of rotatable bonds is 4. The van der Waals surface area contributed by atoms with E-state index in [4.69, 9.17) is 9.57 Å². The number of hydrogen-bond donors (Lipinski definition) is 0. The van der Waals surface area contributed by atoms with Gasteiger partial charge in [-0.3, -0.25) is 0 Å². The van der Waals surface area contributed by atoms with Crippen molar-refractivity contribution in [1.82, 2.24) is 0 Å². The Kier molecular flexibility index (Phi) is 2.91. The molecule has 17 heavy (non-hydrogen) atoms. The van der Waals surface area contributed by atoms with Crippen molar-refractivity contribution in [2.24, 2.45) is 10.6 Å². The van der Waals surface area contributed by atoms with Gasteiger partial charge in [0.1, 0.15) is 18.5 Å². The van der Waals surface area contributed by atoms with Crippen LogP contribution in [0.3, 0.4) is 0 Å². The van der Waals surface area contributed by atoms with E-state index in [0.717, 1.165) is 5.56 Å². The molecule has 0 spiro atoms. The molecule has 0 aliphatic carbocycles. The molecule has 1 saturated heterocycles. The summed E-state index contributed by atoms with van der Waals surface area (Å²) in [5, 5.41) is 3.81. The lowest BCUT2D eigenvalue weighted by molar-refractivity contribution is 0.182. The largest absolute Gasteiger partial charge is 0.399 e. The normalized spacial score (nSPS) is 24.0. The number of halogens is 1. The highest BCUT2D eigenvalue weighted by atomic mass is 19.1. The van der Waals surface area contributed by atoms with Gasteiger partial charge >= 0.3 is 0 Å². The van der Waals surface area contributed by atoms with Gasteiger partial charge in [-0.05, 0) is 17.7 Å². The molecule has 0 aromatic heterocycles. The lowest BCUT2D eigenvalue weighted by Gasteiger charge is -2.27. The van der Waals surface area contributed by atoms with Gasteiger partial charge in [-0.2, -0.15) is 0 Å². The van der Waals surface area contributed by atoms with E-state index in [9.17, 15) is 4.39 Å². The summed E-state index contributed by atoms with van der Waals surface area (Å²) in [6, 6.07) is 6.40. The van der Waals surface area contributed by atoms with E-state index >= 15 is 0 Å². The third kappa shape index (κ3) is 2.05. The first-order chi connectivity index (χ1) is 8.02. The fourth-order valence-electron chi connectivity index (χ4n) is 1.99. The first-order valence-corrected chi connectivity index (χ1v) is 5.49. The van der Waals surface area contributed by atoms with Crippen LogP contribution in [0.5, 0.6) is 0 Å². The SMILES string of the molecule is CON=CC(C)(C)C1(c2ccc(F)cc2)CO1. The van der Waals surface area contributed by atoms with Crippen LogP contribution in [0, 0.1) is 11.2 Å². The predicted molar refractivity (Wildman–Crippen MR) is 63.3 cm³/mol. The standard InChI is InChI=1S/C13H16FNO2/c1-12(2,8-15-16-3)13(9-17-13)10-4-6-11(14)7-5-10/h4-8H,9H2,1-3H3. The molecular weight excluding hydrogens is 221 g/mol. The molecule has 1 fully saturated rings. The molecule has 4 heteroatoms. The van der Waals surface area contributed by atoms with Crippen molar-refractivity contribution in [2.45, 2.75) is 19.4 Å². The highest BCUT2D eigenvalue weighted by molar-refractivity contribution is 5.68. The van der Waals surface area contributed by atoms with E-state index in [1.807, 2.05) is 13.8 Å². The zero-order valence-electron chi connectivity index (χ0n) is 10.2. The van der Waals surface area contributed by atoms with Crippen LogP contribution in [0.1, 0.15) is 19.4 Å². The van der Waals surface area contributed by atoms with E-state index in [1.54, 1.807) is 18.3 Å². The van der Waals surface area contributed by atoms with Gasteiger partial charge in [0.05, 0.1) is 12.8 Å². The van der Waals surface area contributed by atoms with Crippen LogP contribution in [-0.4, -0.2) is 19.9 Å². The second-order valence-corrected chi connectivity index (χ2v) is 4.76. The Morgan fingerprint density at radius 1 is 1.41 bits per heavy atom. The smallest absolute Gasteiger partial charge is 0.127 e. The monoisotopic (exact) mass is 237 g/mol. The van der Waals surface area contributed by atoms with E-state index in [2.05, 4.69) is 5.16 Å². The van der Waals surface area contributed by atoms with Crippen LogP contribution < -0.4 is 0 Å². The first-order valence-electron chi connectivity index (χ1n) is 5.49. The fraction of sp³-hybridized carbons (Fsp3) is 0.462. The highest BCUT2D eigenvalue weighted by Gasteiger charge is 2.57. The van der Waals surface area contributed by atoms with Gasteiger partial charge < -0.3 is 9.57 Å². The van der Waals surface area contributed by atoms with Crippen LogP contribution in [0.4, 0.5) is 4.39 Å². The van der Waals surface area contributed by atoms with Gasteiger partial charge in [-0.1, -0.05) is 31.1 Å². The molecule has 2 rings (SSSR count). The second kappa shape index (κ2) is 4.11. The summed E-state index contributed by atoms with van der Waals surface area (Å²) in [7, 11) is 1.50. The summed E-state index contributed by atoms with van der Waals surface area (Å²) in [5.41, 5.74) is 0.246. The zero-order chi connectivity index (χ0) is 12.5. The molecule has 0 amide bonds. The zero-order valence-corrected chi connectivity index (χ0v) is 10.2. The van der Waals surface area contributed by atoms with Gasteiger partial charge in [0, 0.05) is 5.41 Å². The topological polar surface area (TPSA) is 34.1 Å². The highest BCUT2D eigenvalue weighted by Crippen LogP contribution is 2.51. The minimum absolute atomic E-state index is 0.243. The number of benzene rings is 1. The lowest BCUT2D eigenvalue weighted by Crippen LogP contribution is -2.32. The third-order valence-corrected chi connectivity index (χ3v) is 3.27. The average molecular weight is 237 g/mol. The molecule has 1 unspecified atom stereocenters. The first kappa shape index (κ1) is 12.0. The molecule has 92 valence electrons. The molecule has 1 aromatic rings. The summed E-state index contributed by atoms with van der Waals surface area (Å²) in [5.74, 6) is -0.243. The summed E-state index contributed by atoms with van der Waals surface area (Å²) in [6.07, 6.45) is 1.73. The Morgan fingerprint density at radius 2 is 2.00 bits per heavy atom. The van der Waals surface area contributed by atoms with E-state index < -0.39 is 5.60 Å². The summed E-state index contributed by atoms with van der Waals surface area (Å²) >= 11 is 0. The Bertz CT molecular complexity index is 422. The van der Waals surface area contributed by atoms with Gasteiger partial charge in [-0.15, -0.1) is 0 Å². The van der Waals surface area contributed by atoms with Crippen molar-refractivity contribution in [3.8, 4) is 0 Å². The number of hydrogen-bond acceptors (Lipinski definition) is 3. The molecule has 3 nitrogen and oxygen atoms in total. The van der Waals surface area contributed by atoms with E-state index in [-0.39, 0.29) is 11.2 Å².